The van der Waals surface area contributed by atoms with Gasteiger partial charge in [-0.3, -0.25) is 0 Å². The van der Waals surface area contributed by atoms with Crippen LogP contribution in [0.25, 0.3) is 0 Å². The molecule has 0 bridgehead atoms. The third-order valence-electron chi connectivity index (χ3n) is 3.49. The summed E-state index contributed by atoms with van der Waals surface area (Å²) in [5.41, 5.74) is 7.53. The van der Waals surface area contributed by atoms with Gasteiger partial charge in [0.15, 0.2) is 0 Å². The van der Waals surface area contributed by atoms with Crippen LogP contribution >= 0.6 is 0 Å². The molecule has 1 aromatic rings. The first kappa shape index (κ1) is 11.5. The summed E-state index contributed by atoms with van der Waals surface area (Å²) in [5, 5.41) is 0. The first-order valence-corrected chi connectivity index (χ1v) is 6.30. The summed E-state index contributed by atoms with van der Waals surface area (Å²) in [7, 11) is 0. The van der Waals surface area contributed by atoms with Crippen molar-refractivity contribution in [1.82, 2.24) is 0 Å². The minimum absolute atomic E-state index is 0.144. The van der Waals surface area contributed by atoms with Crippen LogP contribution in [0.2, 0.25) is 0 Å². The Balaban J connectivity index is 2.17. The van der Waals surface area contributed by atoms with Gasteiger partial charge in [0.25, 0.3) is 0 Å². The third kappa shape index (κ3) is 2.38. The average molecular weight is 219 g/mol. The highest BCUT2D eigenvalue weighted by Crippen LogP contribution is 2.37. The van der Waals surface area contributed by atoms with Gasteiger partial charge in [0, 0.05) is 11.6 Å². The molecule has 0 aromatic heterocycles. The van der Waals surface area contributed by atoms with Crippen LogP contribution in [0.5, 0.6) is 5.75 Å². The van der Waals surface area contributed by atoms with Gasteiger partial charge in [-0.2, -0.15) is 0 Å². The van der Waals surface area contributed by atoms with E-state index in [4.69, 9.17) is 10.5 Å². The standard InChI is InChI=1S/C14H21NO/c1-2-16-13-10-6-5-9-12(13)14(15)11-7-3-4-8-11/h5-6,9-11,14H,2-4,7-8,15H2,1H3/t14-/m1/s1. The molecule has 2 heteroatoms. The molecular weight excluding hydrogens is 198 g/mol. The minimum Gasteiger partial charge on any atom is -0.494 e. The number of benzene rings is 1. The zero-order valence-electron chi connectivity index (χ0n) is 9.99. The largest absolute Gasteiger partial charge is 0.494 e. The average Bonchev–Trinajstić information content (AvgIpc) is 2.83. The molecule has 2 nitrogen and oxygen atoms in total. The van der Waals surface area contributed by atoms with Gasteiger partial charge in [-0.15, -0.1) is 0 Å². The van der Waals surface area contributed by atoms with Crippen molar-refractivity contribution in [2.75, 3.05) is 6.61 Å². The molecule has 2 rings (SSSR count). The summed E-state index contributed by atoms with van der Waals surface area (Å²) in [5.74, 6) is 1.60. The van der Waals surface area contributed by atoms with E-state index in [0.29, 0.717) is 12.5 Å². The molecule has 1 atom stereocenters. The van der Waals surface area contributed by atoms with Crippen molar-refractivity contribution in [3.05, 3.63) is 29.8 Å². The van der Waals surface area contributed by atoms with Crippen molar-refractivity contribution in [3.63, 3.8) is 0 Å². The summed E-state index contributed by atoms with van der Waals surface area (Å²) in [6.45, 7) is 2.71. The Hall–Kier alpha value is -1.02. The van der Waals surface area contributed by atoms with E-state index in [1.54, 1.807) is 0 Å². The Morgan fingerprint density at radius 3 is 2.69 bits per heavy atom. The van der Waals surface area contributed by atoms with E-state index in [-0.39, 0.29) is 6.04 Å². The molecule has 1 aromatic carbocycles. The highest BCUT2D eigenvalue weighted by atomic mass is 16.5. The highest BCUT2D eigenvalue weighted by Gasteiger charge is 2.25. The minimum atomic E-state index is 0.144. The van der Waals surface area contributed by atoms with E-state index in [1.807, 2.05) is 25.1 Å². The van der Waals surface area contributed by atoms with Crippen LogP contribution < -0.4 is 10.5 Å². The SMILES string of the molecule is CCOc1ccccc1[C@H](N)C1CCCC1. The second-order valence-corrected chi connectivity index (χ2v) is 4.54. The van der Waals surface area contributed by atoms with E-state index in [1.165, 1.54) is 31.2 Å². The molecule has 0 radical (unpaired) electrons. The fourth-order valence-corrected chi connectivity index (χ4v) is 2.61. The van der Waals surface area contributed by atoms with Gasteiger partial charge in [-0.05, 0) is 31.7 Å². The zero-order chi connectivity index (χ0) is 11.4. The molecule has 2 N–H and O–H groups in total. The van der Waals surface area contributed by atoms with Crippen LogP contribution in [0.1, 0.15) is 44.2 Å². The summed E-state index contributed by atoms with van der Waals surface area (Å²) in [6.07, 6.45) is 5.19. The van der Waals surface area contributed by atoms with Crippen LogP contribution in [0.4, 0.5) is 0 Å². The lowest BCUT2D eigenvalue weighted by molar-refractivity contribution is 0.327. The van der Waals surface area contributed by atoms with Gasteiger partial charge in [-0.25, -0.2) is 0 Å². The highest BCUT2D eigenvalue weighted by molar-refractivity contribution is 5.36. The van der Waals surface area contributed by atoms with Crippen molar-refractivity contribution >= 4 is 0 Å². The zero-order valence-corrected chi connectivity index (χ0v) is 9.99. The van der Waals surface area contributed by atoms with E-state index >= 15 is 0 Å². The Kier molecular flexibility index (Phi) is 3.83. The third-order valence-corrected chi connectivity index (χ3v) is 3.49. The predicted octanol–water partition coefficient (Wildman–Crippen LogP) is 3.28. The maximum Gasteiger partial charge on any atom is 0.124 e. The van der Waals surface area contributed by atoms with Gasteiger partial charge in [0.2, 0.25) is 0 Å². The quantitative estimate of drug-likeness (QED) is 0.843. The number of nitrogens with two attached hydrogens (primary N) is 1. The Morgan fingerprint density at radius 2 is 2.00 bits per heavy atom. The van der Waals surface area contributed by atoms with E-state index < -0.39 is 0 Å². The Morgan fingerprint density at radius 1 is 1.31 bits per heavy atom. The van der Waals surface area contributed by atoms with Gasteiger partial charge >= 0.3 is 0 Å². The maximum absolute atomic E-state index is 6.35. The van der Waals surface area contributed by atoms with Crippen LogP contribution in [0.3, 0.4) is 0 Å². The summed E-state index contributed by atoms with van der Waals surface area (Å²) in [4.78, 5) is 0. The lowest BCUT2D eigenvalue weighted by atomic mass is 9.92. The van der Waals surface area contributed by atoms with E-state index in [0.717, 1.165) is 5.75 Å². The molecule has 0 heterocycles. The first-order valence-electron chi connectivity index (χ1n) is 6.30. The van der Waals surface area contributed by atoms with Gasteiger partial charge in [0.05, 0.1) is 6.61 Å². The van der Waals surface area contributed by atoms with Gasteiger partial charge in [0.1, 0.15) is 5.75 Å². The summed E-state index contributed by atoms with van der Waals surface area (Å²) >= 11 is 0. The molecule has 0 saturated heterocycles. The molecular formula is C14H21NO. The predicted molar refractivity (Wildman–Crippen MR) is 66.5 cm³/mol. The number of ether oxygens (including phenoxy) is 1. The first-order chi connectivity index (χ1) is 7.83. The van der Waals surface area contributed by atoms with Crippen LogP contribution in [0.15, 0.2) is 24.3 Å². The summed E-state index contributed by atoms with van der Waals surface area (Å²) < 4.78 is 5.64. The van der Waals surface area contributed by atoms with Crippen molar-refractivity contribution in [2.45, 2.75) is 38.6 Å². The fourth-order valence-electron chi connectivity index (χ4n) is 2.61. The molecule has 0 unspecified atom stereocenters. The van der Waals surface area contributed by atoms with Crippen molar-refractivity contribution in [1.29, 1.82) is 0 Å². The molecule has 1 aliphatic carbocycles. The number of hydrogen-bond donors (Lipinski definition) is 1. The van der Waals surface area contributed by atoms with Crippen LogP contribution in [0, 0.1) is 5.92 Å². The van der Waals surface area contributed by atoms with Crippen LogP contribution in [-0.2, 0) is 0 Å². The summed E-state index contributed by atoms with van der Waals surface area (Å²) in [6, 6.07) is 8.33. The molecule has 88 valence electrons. The maximum atomic E-state index is 6.35. The Labute approximate surface area is 97.8 Å². The second-order valence-electron chi connectivity index (χ2n) is 4.54. The van der Waals surface area contributed by atoms with Crippen molar-refractivity contribution in [3.8, 4) is 5.75 Å². The normalized spacial score (nSPS) is 18.6. The lowest BCUT2D eigenvalue weighted by Crippen LogP contribution is -2.20. The molecule has 16 heavy (non-hydrogen) atoms. The lowest BCUT2D eigenvalue weighted by Gasteiger charge is -2.21. The van der Waals surface area contributed by atoms with Crippen molar-refractivity contribution < 1.29 is 4.74 Å². The smallest absolute Gasteiger partial charge is 0.124 e. The number of rotatable bonds is 4. The van der Waals surface area contributed by atoms with Crippen molar-refractivity contribution in [2.24, 2.45) is 11.7 Å². The van der Waals surface area contributed by atoms with Gasteiger partial charge in [-0.1, -0.05) is 31.0 Å². The molecule has 0 aliphatic heterocycles. The molecule has 1 fully saturated rings. The molecule has 1 aliphatic rings. The van der Waals surface area contributed by atoms with Gasteiger partial charge < -0.3 is 10.5 Å². The monoisotopic (exact) mass is 219 g/mol. The fraction of sp³-hybridized carbons (Fsp3) is 0.571. The topological polar surface area (TPSA) is 35.2 Å². The molecule has 0 amide bonds. The van der Waals surface area contributed by atoms with E-state index in [2.05, 4.69) is 6.07 Å². The van der Waals surface area contributed by atoms with Crippen LogP contribution in [-0.4, -0.2) is 6.61 Å². The number of para-hydroxylation sites is 1. The Bertz CT molecular complexity index is 331. The molecule has 1 saturated carbocycles. The number of hydrogen-bond acceptors (Lipinski definition) is 2. The molecule has 0 spiro atoms. The van der Waals surface area contributed by atoms with E-state index in [9.17, 15) is 0 Å². The second kappa shape index (κ2) is 5.35.